The van der Waals surface area contributed by atoms with Gasteiger partial charge in [-0.2, -0.15) is 5.10 Å². The molecule has 4 rings (SSSR count). The number of aryl methyl sites for hydroxylation is 2. The number of nitrogens with one attached hydrogen (secondary N) is 2. The number of carbonyl (C=O) groups excluding carboxylic acids is 1. The molecule has 0 saturated heterocycles. The van der Waals surface area contributed by atoms with Crippen LogP contribution in [-0.2, 0) is 13.5 Å². The van der Waals surface area contributed by atoms with Crippen LogP contribution in [0.3, 0.4) is 0 Å². The van der Waals surface area contributed by atoms with E-state index in [4.69, 9.17) is 4.42 Å². The van der Waals surface area contributed by atoms with Gasteiger partial charge >= 0.3 is 6.03 Å². The maximum absolute atomic E-state index is 12.4. The molecule has 2 heterocycles. The van der Waals surface area contributed by atoms with Crippen LogP contribution in [0.15, 0.2) is 47.3 Å². The lowest BCUT2D eigenvalue weighted by Crippen LogP contribution is -2.34. The van der Waals surface area contributed by atoms with Crippen LogP contribution in [-0.4, -0.2) is 20.8 Å². The standard InChI is InChI=1S/C18H19N5O2/c1-23-11-19-17(22-23)12-4-2-5-13(10-12)20-18(24)21-15-6-3-7-16-14(15)8-9-25-16/h2,4-5,8-11,15H,3,6-7H2,1H3,(H2,20,21,24). The van der Waals surface area contributed by atoms with Gasteiger partial charge in [-0.15, -0.1) is 0 Å². The molecular weight excluding hydrogens is 318 g/mol. The predicted octanol–water partition coefficient (Wildman–Crippen LogP) is 3.27. The monoisotopic (exact) mass is 337 g/mol. The molecule has 2 N–H and O–H groups in total. The Balaban J connectivity index is 1.45. The quantitative estimate of drug-likeness (QED) is 0.768. The van der Waals surface area contributed by atoms with Crippen molar-refractivity contribution in [1.29, 1.82) is 0 Å². The first-order valence-corrected chi connectivity index (χ1v) is 8.29. The van der Waals surface area contributed by atoms with Crippen molar-refractivity contribution in [2.24, 2.45) is 7.05 Å². The highest BCUT2D eigenvalue weighted by molar-refractivity contribution is 5.90. The number of carbonyl (C=O) groups is 1. The summed E-state index contributed by atoms with van der Waals surface area (Å²) >= 11 is 0. The van der Waals surface area contributed by atoms with Crippen molar-refractivity contribution in [2.45, 2.75) is 25.3 Å². The zero-order valence-electron chi connectivity index (χ0n) is 13.9. The largest absolute Gasteiger partial charge is 0.469 e. The van der Waals surface area contributed by atoms with Crippen LogP contribution in [0, 0.1) is 0 Å². The predicted molar refractivity (Wildman–Crippen MR) is 93.0 cm³/mol. The molecule has 128 valence electrons. The second-order valence-corrected chi connectivity index (χ2v) is 6.17. The van der Waals surface area contributed by atoms with Crippen molar-refractivity contribution in [2.75, 3.05) is 5.32 Å². The first-order valence-electron chi connectivity index (χ1n) is 8.29. The van der Waals surface area contributed by atoms with Crippen LogP contribution in [0.5, 0.6) is 0 Å². The molecule has 0 bridgehead atoms. The minimum Gasteiger partial charge on any atom is -0.469 e. The zero-order valence-corrected chi connectivity index (χ0v) is 13.9. The van der Waals surface area contributed by atoms with Crippen LogP contribution >= 0.6 is 0 Å². The van der Waals surface area contributed by atoms with Gasteiger partial charge < -0.3 is 15.1 Å². The smallest absolute Gasteiger partial charge is 0.319 e. The van der Waals surface area contributed by atoms with E-state index < -0.39 is 0 Å². The summed E-state index contributed by atoms with van der Waals surface area (Å²) in [5, 5.41) is 10.2. The SMILES string of the molecule is Cn1cnc(-c2cccc(NC(=O)NC3CCCc4occc43)c2)n1. The van der Waals surface area contributed by atoms with Gasteiger partial charge in [-0.25, -0.2) is 9.78 Å². The highest BCUT2D eigenvalue weighted by Gasteiger charge is 2.24. The number of amides is 2. The van der Waals surface area contributed by atoms with E-state index in [0.29, 0.717) is 11.5 Å². The molecule has 1 atom stereocenters. The van der Waals surface area contributed by atoms with Crippen LogP contribution in [0.1, 0.15) is 30.2 Å². The van der Waals surface area contributed by atoms with E-state index in [1.54, 1.807) is 17.3 Å². The Labute approximate surface area is 145 Å². The molecule has 1 aliphatic carbocycles. The van der Waals surface area contributed by atoms with Gasteiger partial charge in [0.2, 0.25) is 0 Å². The fourth-order valence-electron chi connectivity index (χ4n) is 3.17. The number of fused-ring (bicyclic) bond motifs is 1. The normalized spacial score (nSPS) is 16.3. The number of hydrogen-bond donors (Lipinski definition) is 2. The third-order valence-corrected chi connectivity index (χ3v) is 4.34. The average Bonchev–Trinajstić information content (AvgIpc) is 3.24. The lowest BCUT2D eigenvalue weighted by molar-refractivity contribution is 0.246. The van der Waals surface area contributed by atoms with Gasteiger partial charge in [0, 0.05) is 30.3 Å². The lowest BCUT2D eigenvalue weighted by atomic mass is 9.93. The van der Waals surface area contributed by atoms with Crippen molar-refractivity contribution in [1.82, 2.24) is 20.1 Å². The fraction of sp³-hybridized carbons (Fsp3) is 0.278. The summed E-state index contributed by atoms with van der Waals surface area (Å²) in [5.74, 6) is 1.60. The first kappa shape index (κ1) is 15.4. The summed E-state index contributed by atoms with van der Waals surface area (Å²) in [6, 6.07) is 9.18. The number of anilines is 1. The Hall–Kier alpha value is -3.09. The van der Waals surface area contributed by atoms with Crippen LogP contribution in [0.25, 0.3) is 11.4 Å². The lowest BCUT2D eigenvalue weighted by Gasteiger charge is -2.22. The Morgan fingerprint density at radius 2 is 2.28 bits per heavy atom. The molecule has 0 aliphatic heterocycles. The van der Waals surface area contributed by atoms with Gasteiger partial charge in [-0.05, 0) is 31.0 Å². The molecule has 0 spiro atoms. The Kier molecular flexibility index (Phi) is 3.97. The maximum atomic E-state index is 12.4. The molecule has 25 heavy (non-hydrogen) atoms. The summed E-state index contributed by atoms with van der Waals surface area (Å²) in [4.78, 5) is 16.6. The van der Waals surface area contributed by atoms with Gasteiger partial charge in [-0.3, -0.25) is 4.68 Å². The molecular formula is C18H19N5O2. The summed E-state index contributed by atoms with van der Waals surface area (Å²) < 4.78 is 7.11. The van der Waals surface area contributed by atoms with Gasteiger partial charge in [0.05, 0.1) is 12.3 Å². The number of furan rings is 1. The Bertz CT molecular complexity index is 898. The molecule has 0 radical (unpaired) electrons. The van der Waals surface area contributed by atoms with E-state index in [9.17, 15) is 4.79 Å². The summed E-state index contributed by atoms with van der Waals surface area (Å²) in [6.45, 7) is 0. The number of urea groups is 1. The number of aromatic nitrogens is 3. The topological polar surface area (TPSA) is 85.0 Å². The van der Waals surface area contributed by atoms with Crippen molar-refractivity contribution in [3.63, 3.8) is 0 Å². The van der Waals surface area contributed by atoms with Crippen LogP contribution in [0.4, 0.5) is 10.5 Å². The van der Waals surface area contributed by atoms with E-state index in [1.165, 1.54) is 0 Å². The molecule has 2 aromatic heterocycles. The molecule has 7 nitrogen and oxygen atoms in total. The van der Waals surface area contributed by atoms with Crippen LogP contribution in [0.2, 0.25) is 0 Å². The maximum Gasteiger partial charge on any atom is 0.319 e. The second-order valence-electron chi connectivity index (χ2n) is 6.17. The van der Waals surface area contributed by atoms with E-state index in [2.05, 4.69) is 20.7 Å². The third-order valence-electron chi connectivity index (χ3n) is 4.34. The Morgan fingerprint density at radius 3 is 3.12 bits per heavy atom. The number of hydrogen-bond acceptors (Lipinski definition) is 4. The van der Waals surface area contributed by atoms with Crippen molar-refractivity contribution < 1.29 is 9.21 Å². The molecule has 0 fully saturated rings. The number of benzene rings is 1. The molecule has 1 aliphatic rings. The minimum atomic E-state index is -0.231. The summed E-state index contributed by atoms with van der Waals surface area (Å²) in [6.07, 6.45) is 6.19. The molecule has 1 aromatic carbocycles. The fourth-order valence-corrected chi connectivity index (χ4v) is 3.17. The minimum absolute atomic E-state index is 0.0110. The van der Waals surface area contributed by atoms with E-state index in [0.717, 1.165) is 36.1 Å². The summed E-state index contributed by atoms with van der Waals surface area (Å²) in [7, 11) is 1.82. The van der Waals surface area contributed by atoms with Crippen molar-refractivity contribution in [3.05, 3.63) is 54.2 Å². The third kappa shape index (κ3) is 3.26. The molecule has 3 aromatic rings. The van der Waals surface area contributed by atoms with E-state index in [1.807, 2.05) is 37.4 Å². The van der Waals surface area contributed by atoms with E-state index >= 15 is 0 Å². The van der Waals surface area contributed by atoms with Crippen LogP contribution < -0.4 is 10.6 Å². The van der Waals surface area contributed by atoms with Crippen molar-refractivity contribution >= 4 is 11.7 Å². The average molecular weight is 337 g/mol. The second kappa shape index (κ2) is 6.43. The highest BCUT2D eigenvalue weighted by atomic mass is 16.3. The summed E-state index contributed by atoms with van der Waals surface area (Å²) in [5.41, 5.74) is 2.63. The van der Waals surface area contributed by atoms with Gasteiger partial charge in [-0.1, -0.05) is 12.1 Å². The molecule has 1 unspecified atom stereocenters. The van der Waals surface area contributed by atoms with Gasteiger partial charge in [0.1, 0.15) is 12.1 Å². The molecule has 2 amide bonds. The zero-order chi connectivity index (χ0) is 17.2. The highest BCUT2D eigenvalue weighted by Crippen LogP contribution is 2.30. The first-order chi connectivity index (χ1) is 12.2. The molecule has 0 saturated carbocycles. The van der Waals surface area contributed by atoms with Gasteiger partial charge in [0.15, 0.2) is 5.82 Å². The van der Waals surface area contributed by atoms with Crippen molar-refractivity contribution in [3.8, 4) is 11.4 Å². The van der Waals surface area contributed by atoms with Gasteiger partial charge in [0.25, 0.3) is 0 Å². The number of nitrogens with zero attached hydrogens (tertiary/aromatic N) is 3. The Morgan fingerprint density at radius 1 is 1.36 bits per heavy atom. The van der Waals surface area contributed by atoms with E-state index in [-0.39, 0.29) is 12.1 Å². The number of rotatable bonds is 3. The molecule has 7 heteroatoms.